The number of hydrogen-bond donors (Lipinski definition) is 2. The number of rotatable bonds is 3. The summed E-state index contributed by atoms with van der Waals surface area (Å²) < 4.78 is 0. The van der Waals surface area contributed by atoms with Gasteiger partial charge in [0.2, 0.25) is 5.56 Å². The summed E-state index contributed by atoms with van der Waals surface area (Å²) in [7, 11) is 0. The van der Waals surface area contributed by atoms with Crippen molar-refractivity contribution in [2.45, 2.75) is 25.3 Å². The molecule has 5 nitrogen and oxygen atoms in total. The molecular weight excluding hydrogens is 290 g/mol. The number of carbonyl (C=O) groups is 1. The Hall–Kier alpha value is -2.56. The first kappa shape index (κ1) is 14.1. The van der Waals surface area contributed by atoms with Gasteiger partial charge in [-0.05, 0) is 43.4 Å². The summed E-state index contributed by atoms with van der Waals surface area (Å²) in [4.78, 5) is 28.7. The number of aromatic amines is 1. The Kier molecular flexibility index (Phi) is 3.41. The van der Waals surface area contributed by atoms with Gasteiger partial charge in [-0.15, -0.1) is 0 Å². The predicted molar refractivity (Wildman–Crippen MR) is 89.9 cm³/mol. The fraction of sp³-hybridized carbons (Fsp3) is 0.333. The lowest BCUT2D eigenvalue weighted by atomic mass is 10.1. The number of anilines is 2. The number of nitrogens with one attached hydrogen (secondary N) is 2. The standard InChI is InChI=1S/C18H19N3O2/c22-17-7-3-5-15(19-17)18(23)20-14-4-1-2-6-16(14)21-11-12-8-9-13(21)10-12/h1-7,12-13H,8-11H2,(H,19,22)(H,20,23). The molecule has 2 bridgehead atoms. The minimum Gasteiger partial charge on any atom is -0.367 e. The maximum atomic E-state index is 12.4. The summed E-state index contributed by atoms with van der Waals surface area (Å²) in [6.45, 7) is 1.07. The second-order valence-corrected chi connectivity index (χ2v) is 6.39. The molecule has 1 aromatic heterocycles. The number of nitrogens with zero attached hydrogens (tertiary/aromatic N) is 1. The summed E-state index contributed by atoms with van der Waals surface area (Å²) in [5.74, 6) is 0.494. The normalized spacial score (nSPS) is 22.3. The molecule has 2 unspecified atom stereocenters. The number of H-pyrrole nitrogens is 1. The molecule has 1 saturated heterocycles. The number of piperidine rings is 1. The van der Waals surface area contributed by atoms with E-state index >= 15 is 0 Å². The number of benzene rings is 1. The molecule has 118 valence electrons. The highest BCUT2D eigenvalue weighted by molar-refractivity contribution is 6.04. The number of hydrogen-bond acceptors (Lipinski definition) is 3. The fourth-order valence-electron chi connectivity index (χ4n) is 3.82. The van der Waals surface area contributed by atoms with Crippen LogP contribution in [-0.4, -0.2) is 23.5 Å². The van der Waals surface area contributed by atoms with Crippen LogP contribution in [0, 0.1) is 5.92 Å². The molecule has 2 aromatic rings. The van der Waals surface area contributed by atoms with Gasteiger partial charge in [0.15, 0.2) is 0 Å². The summed E-state index contributed by atoms with van der Waals surface area (Å²) in [6, 6.07) is 13.1. The SMILES string of the molecule is O=C(Nc1ccccc1N1CC2CCC1C2)c1cccc(=O)[nH]1. The van der Waals surface area contributed by atoms with Crippen molar-refractivity contribution in [2.75, 3.05) is 16.8 Å². The van der Waals surface area contributed by atoms with E-state index in [0.29, 0.717) is 6.04 Å². The van der Waals surface area contributed by atoms with Gasteiger partial charge >= 0.3 is 0 Å². The molecule has 1 aliphatic heterocycles. The molecule has 1 aliphatic carbocycles. The van der Waals surface area contributed by atoms with Gasteiger partial charge in [-0.2, -0.15) is 0 Å². The number of aromatic nitrogens is 1. The molecule has 2 heterocycles. The third-order valence-corrected chi connectivity index (χ3v) is 4.88. The van der Waals surface area contributed by atoms with Crippen molar-refractivity contribution in [2.24, 2.45) is 5.92 Å². The van der Waals surface area contributed by atoms with E-state index in [0.717, 1.165) is 23.8 Å². The smallest absolute Gasteiger partial charge is 0.272 e. The van der Waals surface area contributed by atoms with Crippen molar-refractivity contribution in [3.63, 3.8) is 0 Å². The second-order valence-electron chi connectivity index (χ2n) is 6.39. The highest BCUT2D eigenvalue weighted by atomic mass is 16.2. The van der Waals surface area contributed by atoms with Crippen LogP contribution in [0.25, 0.3) is 0 Å². The molecule has 0 radical (unpaired) electrons. The van der Waals surface area contributed by atoms with E-state index in [1.165, 1.54) is 25.3 Å². The lowest BCUT2D eigenvalue weighted by molar-refractivity contribution is 0.102. The number of carbonyl (C=O) groups excluding carboxylic acids is 1. The third-order valence-electron chi connectivity index (χ3n) is 4.88. The van der Waals surface area contributed by atoms with Crippen LogP contribution in [0.2, 0.25) is 0 Å². The van der Waals surface area contributed by atoms with Crippen molar-refractivity contribution in [1.82, 2.24) is 4.98 Å². The lowest BCUT2D eigenvalue weighted by Gasteiger charge is -2.31. The number of pyridine rings is 1. The topological polar surface area (TPSA) is 65.2 Å². The van der Waals surface area contributed by atoms with E-state index in [1.54, 1.807) is 12.1 Å². The average Bonchev–Trinajstić information content (AvgIpc) is 3.18. The number of para-hydroxylation sites is 2. The van der Waals surface area contributed by atoms with Crippen LogP contribution >= 0.6 is 0 Å². The van der Waals surface area contributed by atoms with Gasteiger partial charge in [0.25, 0.3) is 5.91 Å². The van der Waals surface area contributed by atoms with E-state index in [-0.39, 0.29) is 17.2 Å². The zero-order chi connectivity index (χ0) is 15.8. The van der Waals surface area contributed by atoms with Gasteiger partial charge in [0, 0.05) is 18.7 Å². The first-order valence-corrected chi connectivity index (χ1v) is 8.07. The Balaban J connectivity index is 1.60. The second kappa shape index (κ2) is 5.57. The first-order chi connectivity index (χ1) is 11.2. The average molecular weight is 309 g/mol. The molecule has 2 aliphatic rings. The van der Waals surface area contributed by atoms with Crippen LogP contribution in [0.15, 0.2) is 47.3 Å². The predicted octanol–water partition coefficient (Wildman–Crippen LogP) is 2.62. The van der Waals surface area contributed by atoms with Crippen molar-refractivity contribution in [1.29, 1.82) is 0 Å². The van der Waals surface area contributed by atoms with Crippen molar-refractivity contribution in [3.05, 3.63) is 58.5 Å². The van der Waals surface area contributed by atoms with Crippen LogP contribution in [-0.2, 0) is 0 Å². The molecule has 2 fully saturated rings. The Morgan fingerprint density at radius 3 is 2.74 bits per heavy atom. The highest BCUT2D eigenvalue weighted by Crippen LogP contribution is 2.42. The van der Waals surface area contributed by atoms with Gasteiger partial charge in [0.05, 0.1) is 11.4 Å². The third kappa shape index (κ3) is 2.63. The minimum absolute atomic E-state index is 0.273. The van der Waals surface area contributed by atoms with Crippen LogP contribution in [0.5, 0.6) is 0 Å². The van der Waals surface area contributed by atoms with Crippen LogP contribution in [0.4, 0.5) is 11.4 Å². The monoisotopic (exact) mass is 309 g/mol. The highest BCUT2D eigenvalue weighted by Gasteiger charge is 2.38. The van der Waals surface area contributed by atoms with Crippen LogP contribution in [0.1, 0.15) is 29.8 Å². The molecule has 5 heteroatoms. The summed E-state index contributed by atoms with van der Waals surface area (Å²) >= 11 is 0. The van der Waals surface area contributed by atoms with Crippen LogP contribution in [0.3, 0.4) is 0 Å². The molecular formula is C18H19N3O2. The van der Waals surface area contributed by atoms with E-state index in [9.17, 15) is 9.59 Å². The Morgan fingerprint density at radius 2 is 2.00 bits per heavy atom. The molecule has 1 aromatic carbocycles. The summed E-state index contributed by atoms with van der Waals surface area (Å²) in [6.07, 6.45) is 3.81. The Labute approximate surface area is 134 Å². The summed E-state index contributed by atoms with van der Waals surface area (Å²) in [5.41, 5.74) is 1.87. The Morgan fingerprint density at radius 1 is 1.13 bits per heavy atom. The molecule has 23 heavy (non-hydrogen) atoms. The largest absolute Gasteiger partial charge is 0.367 e. The fourth-order valence-corrected chi connectivity index (χ4v) is 3.82. The van der Waals surface area contributed by atoms with Gasteiger partial charge < -0.3 is 15.2 Å². The van der Waals surface area contributed by atoms with Gasteiger partial charge in [0.1, 0.15) is 5.69 Å². The zero-order valence-corrected chi connectivity index (χ0v) is 12.8. The van der Waals surface area contributed by atoms with E-state index in [2.05, 4.69) is 21.3 Å². The molecule has 0 spiro atoms. The van der Waals surface area contributed by atoms with Crippen molar-refractivity contribution < 1.29 is 4.79 Å². The van der Waals surface area contributed by atoms with Crippen molar-refractivity contribution >= 4 is 17.3 Å². The van der Waals surface area contributed by atoms with Gasteiger partial charge in [-0.3, -0.25) is 9.59 Å². The molecule has 4 rings (SSSR count). The summed E-state index contributed by atoms with van der Waals surface area (Å²) in [5, 5.41) is 2.94. The molecule has 2 N–H and O–H groups in total. The Bertz CT molecular complexity index is 799. The zero-order valence-electron chi connectivity index (χ0n) is 12.8. The maximum absolute atomic E-state index is 12.4. The van der Waals surface area contributed by atoms with E-state index < -0.39 is 0 Å². The van der Waals surface area contributed by atoms with Crippen molar-refractivity contribution in [3.8, 4) is 0 Å². The lowest BCUT2D eigenvalue weighted by Crippen LogP contribution is -2.32. The first-order valence-electron chi connectivity index (χ1n) is 8.07. The molecule has 2 atom stereocenters. The van der Waals surface area contributed by atoms with E-state index in [4.69, 9.17) is 0 Å². The molecule has 1 saturated carbocycles. The molecule has 1 amide bonds. The van der Waals surface area contributed by atoms with E-state index in [1.807, 2.05) is 18.2 Å². The van der Waals surface area contributed by atoms with Crippen LogP contribution < -0.4 is 15.8 Å². The van der Waals surface area contributed by atoms with Gasteiger partial charge in [-0.25, -0.2) is 0 Å². The minimum atomic E-state index is -0.292. The number of fused-ring (bicyclic) bond motifs is 2. The maximum Gasteiger partial charge on any atom is 0.272 e. The van der Waals surface area contributed by atoms with Gasteiger partial charge in [-0.1, -0.05) is 18.2 Å². The number of amides is 1. The quantitative estimate of drug-likeness (QED) is 0.916.